The van der Waals surface area contributed by atoms with Crippen molar-refractivity contribution >= 4 is 22.4 Å². The Kier molecular flexibility index (Phi) is 3.63. The Labute approximate surface area is 105 Å². The minimum Gasteiger partial charge on any atom is -0.375 e. The van der Waals surface area contributed by atoms with Crippen LogP contribution in [0.15, 0.2) is 6.20 Å². The Hall–Kier alpha value is -1.14. The number of thiazole rings is 1. The normalized spacial score (nSPS) is 25.9. The number of carbonyl (C=O) groups is 1. The van der Waals surface area contributed by atoms with Gasteiger partial charge in [-0.05, 0) is 19.8 Å². The van der Waals surface area contributed by atoms with Crippen molar-refractivity contribution in [2.75, 3.05) is 12.3 Å². The molecule has 1 aromatic heterocycles. The first-order valence-corrected chi connectivity index (χ1v) is 6.61. The zero-order valence-corrected chi connectivity index (χ0v) is 10.7. The van der Waals surface area contributed by atoms with Gasteiger partial charge in [-0.25, -0.2) is 4.98 Å². The molecule has 0 saturated carbocycles. The van der Waals surface area contributed by atoms with Crippen molar-refractivity contribution in [3.63, 3.8) is 0 Å². The maximum atomic E-state index is 11.2. The lowest BCUT2D eigenvalue weighted by Crippen LogP contribution is -2.45. The number of piperidine rings is 1. The highest BCUT2D eigenvalue weighted by Crippen LogP contribution is 2.25. The number of hydrogen-bond acceptors (Lipinski definition) is 5. The van der Waals surface area contributed by atoms with Crippen LogP contribution in [0, 0.1) is 5.92 Å². The molecule has 1 aliphatic rings. The van der Waals surface area contributed by atoms with Crippen molar-refractivity contribution in [3.05, 3.63) is 11.1 Å². The minimum absolute atomic E-state index is 0.0172. The standard InChI is InChI=1S/C11H18N4OS/c1-7-2-3-8(10(12)16)5-15(7)6-9-4-14-11(13)17-9/h4,7-8H,2-3,5-6H2,1H3,(H2,12,16)(H2,13,14). The Morgan fingerprint density at radius 2 is 2.41 bits per heavy atom. The fourth-order valence-corrected chi connectivity index (χ4v) is 2.94. The van der Waals surface area contributed by atoms with Gasteiger partial charge in [0.15, 0.2) is 5.13 Å². The van der Waals surface area contributed by atoms with E-state index in [0.717, 1.165) is 30.8 Å². The molecule has 0 radical (unpaired) electrons. The number of likely N-dealkylation sites (tertiary alicyclic amines) is 1. The molecule has 4 N–H and O–H groups in total. The van der Waals surface area contributed by atoms with Gasteiger partial charge in [0.05, 0.1) is 5.92 Å². The van der Waals surface area contributed by atoms with Crippen LogP contribution in [0.2, 0.25) is 0 Å². The highest BCUT2D eigenvalue weighted by atomic mass is 32.1. The van der Waals surface area contributed by atoms with Crippen LogP contribution in [0.5, 0.6) is 0 Å². The molecule has 17 heavy (non-hydrogen) atoms. The number of hydrogen-bond donors (Lipinski definition) is 2. The van der Waals surface area contributed by atoms with E-state index in [1.54, 1.807) is 6.20 Å². The summed E-state index contributed by atoms with van der Waals surface area (Å²) >= 11 is 1.50. The number of anilines is 1. The quantitative estimate of drug-likeness (QED) is 0.836. The number of primary amides is 1. The second-order valence-corrected chi connectivity index (χ2v) is 5.77. The van der Waals surface area contributed by atoms with E-state index in [1.165, 1.54) is 11.3 Å². The van der Waals surface area contributed by atoms with E-state index in [2.05, 4.69) is 16.8 Å². The predicted octanol–water partition coefficient (Wildman–Crippen LogP) is 0.811. The Balaban J connectivity index is 2.00. The fourth-order valence-electron chi connectivity index (χ4n) is 2.23. The third kappa shape index (κ3) is 2.95. The predicted molar refractivity (Wildman–Crippen MR) is 68.3 cm³/mol. The summed E-state index contributed by atoms with van der Waals surface area (Å²) in [5, 5.41) is 0.594. The molecule has 1 amide bonds. The average Bonchev–Trinajstić information content (AvgIpc) is 2.67. The van der Waals surface area contributed by atoms with Gasteiger partial charge in [0, 0.05) is 30.2 Å². The van der Waals surface area contributed by atoms with Crippen molar-refractivity contribution in [1.82, 2.24) is 9.88 Å². The number of rotatable bonds is 3. The number of nitrogens with two attached hydrogens (primary N) is 2. The molecule has 1 fully saturated rings. The maximum Gasteiger partial charge on any atom is 0.221 e. The van der Waals surface area contributed by atoms with Gasteiger partial charge in [-0.1, -0.05) is 0 Å². The Morgan fingerprint density at radius 3 is 3.00 bits per heavy atom. The number of aromatic nitrogens is 1. The van der Waals surface area contributed by atoms with Crippen LogP contribution in [0.3, 0.4) is 0 Å². The molecule has 94 valence electrons. The fraction of sp³-hybridized carbons (Fsp3) is 0.636. The van der Waals surface area contributed by atoms with E-state index >= 15 is 0 Å². The molecule has 1 aliphatic heterocycles. The molecule has 2 unspecified atom stereocenters. The summed E-state index contributed by atoms with van der Waals surface area (Å²) in [7, 11) is 0. The van der Waals surface area contributed by atoms with Gasteiger partial charge in [-0.2, -0.15) is 0 Å². The molecule has 0 aliphatic carbocycles. The third-order valence-electron chi connectivity index (χ3n) is 3.34. The van der Waals surface area contributed by atoms with E-state index in [0.29, 0.717) is 11.2 Å². The lowest BCUT2D eigenvalue weighted by Gasteiger charge is -2.36. The summed E-state index contributed by atoms with van der Waals surface area (Å²) in [5.41, 5.74) is 11.0. The van der Waals surface area contributed by atoms with Crippen LogP contribution in [0.25, 0.3) is 0 Å². The van der Waals surface area contributed by atoms with Gasteiger partial charge < -0.3 is 11.5 Å². The van der Waals surface area contributed by atoms with Crippen molar-refractivity contribution in [3.8, 4) is 0 Å². The molecule has 2 rings (SSSR count). The van der Waals surface area contributed by atoms with Gasteiger partial charge in [-0.15, -0.1) is 11.3 Å². The molecular weight excluding hydrogens is 236 g/mol. The monoisotopic (exact) mass is 254 g/mol. The molecule has 0 bridgehead atoms. The highest BCUT2D eigenvalue weighted by Gasteiger charge is 2.28. The van der Waals surface area contributed by atoms with Crippen LogP contribution in [0.4, 0.5) is 5.13 Å². The topological polar surface area (TPSA) is 85.2 Å². The molecule has 2 heterocycles. The smallest absolute Gasteiger partial charge is 0.221 e. The van der Waals surface area contributed by atoms with Crippen LogP contribution in [-0.2, 0) is 11.3 Å². The minimum atomic E-state index is -0.189. The summed E-state index contributed by atoms with van der Waals surface area (Å²) < 4.78 is 0. The van der Waals surface area contributed by atoms with Crippen LogP contribution < -0.4 is 11.5 Å². The van der Waals surface area contributed by atoms with E-state index in [1.807, 2.05) is 0 Å². The first-order valence-electron chi connectivity index (χ1n) is 5.80. The van der Waals surface area contributed by atoms with Crippen molar-refractivity contribution < 1.29 is 4.79 Å². The number of amides is 1. The number of nitrogens with zero attached hydrogens (tertiary/aromatic N) is 2. The van der Waals surface area contributed by atoms with Crippen LogP contribution in [0.1, 0.15) is 24.6 Å². The lowest BCUT2D eigenvalue weighted by atomic mass is 9.93. The average molecular weight is 254 g/mol. The number of nitrogen functional groups attached to an aromatic ring is 1. The highest BCUT2D eigenvalue weighted by molar-refractivity contribution is 7.15. The number of carbonyl (C=O) groups excluding carboxylic acids is 1. The lowest BCUT2D eigenvalue weighted by molar-refractivity contribution is -0.124. The molecule has 0 spiro atoms. The third-order valence-corrected chi connectivity index (χ3v) is 4.16. The molecular formula is C11H18N4OS. The second-order valence-electron chi connectivity index (χ2n) is 4.62. The van der Waals surface area contributed by atoms with Gasteiger partial charge >= 0.3 is 0 Å². The van der Waals surface area contributed by atoms with Gasteiger partial charge in [0.2, 0.25) is 5.91 Å². The molecule has 2 atom stereocenters. The SMILES string of the molecule is CC1CCC(C(N)=O)CN1Cc1cnc(N)s1. The van der Waals surface area contributed by atoms with Crippen LogP contribution in [-0.4, -0.2) is 28.4 Å². The molecule has 1 saturated heterocycles. The molecule has 6 heteroatoms. The van der Waals surface area contributed by atoms with Gasteiger partial charge in [-0.3, -0.25) is 9.69 Å². The molecule has 0 aromatic carbocycles. The van der Waals surface area contributed by atoms with Crippen LogP contribution >= 0.6 is 11.3 Å². The van der Waals surface area contributed by atoms with Gasteiger partial charge in [0.25, 0.3) is 0 Å². The van der Waals surface area contributed by atoms with Gasteiger partial charge in [0.1, 0.15) is 0 Å². The zero-order chi connectivity index (χ0) is 12.4. The first-order chi connectivity index (χ1) is 8.06. The Bertz CT molecular complexity index is 406. The summed E-state index contributed by atoms with van der Waals surface area (Å²) in [5.74, 6) is -0.206. The summed E-state index contributed by atoms with van der Waals surface area (Å²) in [4.78, 5) is 18.7. The molecule has 5 nitrogen and oxygen atoms in total. The van der Waals surface area contributed by atoms with Crippen molar-refractivity contribution in [2.45, 2.75) is 32.4 Å². The summed E-state index contributed by atoms with van der Waals surface area (Å²) in [6.45, 7) is 3.73. The zero-order valence-electron chi connectivity index (χ0n) is 9.93. The van der Waals surface area contributed by atoms with E-state index < -0.39 is 0 Å². The van der Waals surface area contributed by atoms with E-state index in [4.69, 9.17) is 11.5 Å². The summed E-state index contributed by atoms with van der Waals surface area (Å²) in [6.07, 6.45) is 3.72. The summed E-state index contributed by atoms with van der Waals surface area (Å²) in [6, 6.07) is 0.480. The van der Waals surface area contributed by atoms with E-state index in [-0.39, 0.29) is 11.8 Å². The first kappa shape index (κ1) is 12.3. The second kappa shape index (κ2) is 5.01. The maximum absolute atomic E-state index is 11.2. The van der Waals surface area contributed by atoms with E-state index in [9.17, 15) is 4.79 Å². The van der Waals surface area contributed by atoms with Crippen molar-refractivity contribution in [2.24, 2.45) is 11.7 Å². The largest absolute Gasteiger partial charge is 0.375 e. The molecule has 1 aromatic rings. The Morgan fingerprint density at radius 1 is 1.65 bits per heavy atom. The van der Waals surface area contributed by atoms with Crippen molar-refractivity contribution in [1.29, 1.82) is 0 Å².